The van der Waals surface area contributed by atoms with Gasteiger partial charge in [-0.2, -0.15) is 0 Å². The van der Waals surface area contributed by atoms with Gasteiger partial charge >= 0.3 is 5.97 Å². The Balaban J connectivity index is 3.27. The lowest BCUT2D eigenvalue weighted by Gasteiger charge is -2.03. The molecule has 0 radical (unpaired) electrons. The summed E-state index contributed by atoms with van der Waals surface area (Å²) in [5, 5.41) is 26.5. The summed E-state index contributed by atoms with van der Waals surface area (Å²) in [4.78, 5) is 21.6. The van der Waals surface area contributed by atoms with Crippen molar-refractivity contribution in [3.63, 3.8) is 0 Å². The number of aromatic carboxylic acids is 1. The molecule has 0 saturated heterocycles. The Labute approximate surface area is 79.2 Å². The highest BCUT2D eigenvalue weighted by atomic mass is 16.4. The largest absolute Gasteiger partial charge is 0.506 e. The van der Waals surface area contributed by atoms with Crippen LogP contribution >= 0.6 is 0 Å². The van der Waals surface area contributed by atoms with Gasteiger partial charge in [-0.3, -0.25) is 4.79 Å². The number of ketones is 1. The zero-order chi connectivity index (χ0) is 10.7. The number of carboxylic acids is 1. The molecule has 0 spiro atoms. The molecule has 1 aromatic carbocycles. The quantitative estimate of drug-likeness (QED) is 0.603. The summed E-state index contributed by atoms with van der Waals surface area (Å²) in [6, 6.07) is 3.75. The van der Waals surface area contributed by atoms with Crippen LogP contribution in [0.1, 0.15) is 20.7 Å². The fourth-order valence-electron chi connectivity index (χ4n) is 1.03. The predicted molar refractivity (Wildman–Crippen MR) is 46.5 cm³/mol. The molecule has 1 rings (SSSR count). The van der Waals surface area contributed by atoms with E-state index in [4.69, 9.17) is 10.2 Å². The van der Waals surface area contributed by atoms with Crippen LogP contribution in [-0.4, -0.2) is 33.7 Å². The van der Waals surface area contributed by atoms with E-state index in [2.05, 4.69) is 0 Å². The smallest absolute Gasteiger partial charge is 0.339 e. The van der Waals surface area contributed by atoms with E-state index < -0.39 is 24.1 Å². The molecule has 0 aliphatic rings. The van der Waals surface area contributed by atoms with Crippen LogP contribution < -0.4 is 0 Å². The second-order valence-corrected chi connectivity index (χ2v) is 2.59. The van der Waals surface area contributed by atoms with Gasteiger partial charge in [0, 0.05) is 0 Å². The summed E-state index contributed by atoms with van der Waals surface area (Å²) in [6.07, 6.45) is 0. The number of Topliss-reactive ketones (excluding diaryl/α,β-unsaturated/α-hetero) is 1. The first-order valence-electron chi connectivity index (χ1n) is 3.77. The molecule has 74 valence electrons. The summed E-state index contributed by atoms with van der Waals surface area (Å²) < 4.78 is 0. The minimum Gasteiger partial charge on any atom is -0.506 e. The maximum absolute atomic E-state index is 11.0. The fourth-order valence-corrected chi connectivity index (χ4v) is 1.03. The van der Waals surface area contributed by atoms with Crippen molar-refractivity contribution < 1.29 is 24.9 Å². The number of carboxylic acid groups (broad SMARTS) is 1. The van der Waals surface area contributed by atoms with E-state index in [1.165, 1.54) is 18.2 Å². The number of carbonyl (C=O) groups is 2. The van der Waals surface area contributed by atoms with E-state index in [9.17, 15) is 14.7 Å². The minimum absolute atomic E-state index is 0.188. The standard InChI is InChI=1S/C9H8O5/c10-4-7(11)5-2-1-3-6(8(5)12)9(13)14/h1-3,10,12H,4H2,(H,13,14). The number of aliphatic hydroxyl groups is 1. The Morgan fingerprint density at radius 2 is 1.79 bits per heavy atom. The molecule has 0 fully saturated rings. The van der Waals surface area contributed by atoms with Crippen molar-refractivity contribution in [2.24, 2.45) is 0 Å². The molecule has 0 heterocycles. The van der Waals surface area contributed by atoms with Crippen LogP contribution in [0.4, 0.5) is 0 Å². The first-order chi connectivity index (χ1) is 6.57. The molecule has 1 aromatic rings. The SMILES string of the molecule is O=C(O)c1cccc(C(=O)CO)c1O. The number of para-hydroxylation sites is 1. The zero-order valence-corrected chi connectivity index (χ0v) is 7.10. The molecule has 5 nitrogen and oxygen atoms in total. The van der Waals surface area contributed by atoms with Crippen molar-refractivity contribution in [2.75, 3.05) is 6.61 Å². The molecule has 14 heavy (non-hydrogen) atoms. The first-order valence-corrected chi connectivity index (χ1v) is 3.77. The molecular formula is C9H8O5. The Bertz CT molecular complexity index is 383. The van der Waals surface area contributed by atoms with Crippen LogP contribution in [0.2, 0.25) is 0 Å². The van der Waals surface area contributed by atoms with Gasteiger partial charge in [-0.15, -0.1) is 0 Å². The van der Waals surface area contributed by atoms with Crippen LogP contribution in [0.3, 0.4) is 0 Å². The van der Waals surface area contributed by atoms with Gasteiger partial charge in [0.1, 0.15) is 17.9 Å². The number of phenols is 1. The first kappa shape index (κ1) is 10.2. The lowest BCUT2D eigenvalue weighted by Crippen LogP contribution is -2.07. The predicted octanol–water partition coefficient (Wildman–Crippen LogP) is 0.265. The molecule has 0 saturated carbocycles. The molecule has 0 aromatic heterocycles. The lowest BCUT2D eigenvalue weighted by atomic mass is 10.1. The Morgan fingerprint density at radius 3 is 2.29 bits per heavy atom. The van der Waals surface area contributed by atoms with Gasteiger partial charge in [-0.25, -0.2) is 4.79 Å². The van der Waals surface area contributed by atoms with E-state index in [0.717, 1.165) is 0 Å². The molecule has 0 aliphatic carbocycles. The van der Waals surface area contributed by atoms with Crippen molar-refractivity contribution >= 4 is 11.8 Å². The second-order valence-electron chi connectivity index (χ2n) is 2.59. The number of aliphatic hydroxyl groups excluding tert-OH is 1. The third-order valence-corrected chi connectivity index (χ3v) is 1.71. The Kier molecular flexibility index (Phi) is 2.83. The number of aromatic hydroxyl groups is 1. The van der Waals surface area contributed by atoms with Crippen LogP contribution in [-0.2, 0) is 0 Å². The monoisotopic (exact) mass is 196 g/mol. The summed E-state index contributed by atoms with van der Waals surface area (Å²) in [6.45, 7) is -0.767. The third kappa shape index (κ3) is 1.72. The summed E-state index contributed by atoms with van der Waals surface area (Å²) >= 11 is 0. The molecule has 0 bridgehead atoms. The molecule has 3 N–H and O–H groups in total. The number of carbonyl (C=O) groups excluding carboxylic acids is 1. The van der Waals surface area contributed by atoms with Gasteiger partial charge < -0.3 is 15.3 Å². The minimum atomic E-state index is -1.32. The van der Waals surface area contributed by atoms with Crippen LogP contribution in [0.25, 0.3) is 0 Å². The summed E-state index contributed by atoms with van der Waals surface area (Å²) in [5.41, 5.74) is -0.545. The highest BCUT2D eigenvalue weighted by Gasteiger charge is 2.16. The van der Waals surface area contributed by atoms with E-state index in [-0.39, 0.29) is 11.1 Å². The molecule has 0 unspecified atom stereocenters. The second kappa shape index (κ2) is 3.89. The van der Waals surface area contributed by atoms with E-state index in [1.54, 1.807) is 0 Å². The Morgan fingerprint density at radius 1 is 1.21 bits per heavy atom. The van der Waals surface area contributed by atoms with Crippen molar-refractivity contribution in [3.05, 3.63) is 29.3 Å². The van der Waals surface area contributed by atoms with E-state index in [1.807, 2.05) is 0 Å². The van der Waals surface area contributed by atoms with Crippen molar-refractivity contribution in [3.8, 4) is 5.75 Å². The fraction of sp³-hybridized carbons (Fsp3) is 0.111. The van der Waals surface area contributed by atoms with Gasteiger partial charge in [-0.1, -0.05) is 6.07 Å². The third-order valence-electron chi connectivity index (χ3n) is 1.71. The molecular weight excluding hydrogens is 188 g/mol. The molecule has 5 heteroatoms. The summed E-state index contributed by atoms with van der Waals surface area (Å²) in [7, 11) is 0. The number of hydrogen-bond donors (Lipinski definition) is 3. The van der Waals surface area contributed by atoms with Crippen molar-refractivity contribution in [1.82, 2.24) is 0 Å². The summed E-state index contributed by atoms with van der Waals surface area (Å²) in [5.74, 6) is -2.65. The normalized spacial score (nSPS) is 9.79. The highest BCUT2D eigenvalue weighted by Crippen LogP contribution is 2.22. The van der Waals surface area contributed by atoms with Crippen LogP contribution in [0, 0.1) is 0 Å². The number of hydrogen-bond acceptors (Lipinski definition) is 4. The molecule has 0 atom stereocenters. The zero-order valence-electron chi connectivity index (χ0n) is 7.10. The van der Waals surface area contributed by atoms with Crippen molar-refractivity contribution in [1.29, 1.82) is 0 Å². The van der Waals surface area contributed by atoms with Gasteiger partial charge in [0.15, 0.2) is 5.78 Å². The van der Waals surface area contributed by atoms with Gasteiger partial charge in [0.25, 0.3) is 0 Å². The van der Waals surface area contributed by atoms with Crippen LogP contribution in [0.5, 0.6) is 5.75 Å². The lowest BCUT2D eigenvalue weighted by molar-refractivity contribution is 0.0693. The number of rotatable bonds is 3. The maximum atomic E-state index is 11.0. The topological polar surface area (TPSA) is 94.8 Å². The van der Waals surface area contributed by atoms with Crippen LogP contribution in [0.15, 0.2) is 18.2 Å². The maximum Gasteiger partial charge on any atom is 0.339 e. The molecule has 0 amide bonds. The number of benzene rings is 1. The van der Waals surface area contributed by atoms with Gasteiger partial charge in [-0.05, 0) is 12.1 Å². The van der Waals surface area contributed by atoms with Gasteiger partial charge in [0.05, 0.1) is 5.56 Å². The van der Waals surface area contributed by atoms with E-state index in [0.29, 0.717) is 0 Å². The van der Waals surface area contributed by atoms with Crippen molar-refractivity contribution in [2.45, 2.75) is 0 Å². The Hall–Kier alpha value is -1.88. The van der Waals surface area contributed by atoms with E-state index >= 15 is 0 Å². The average Bonchev–Trinajstić information content (AvgIpc) is 2.16. The average molecular weight is 196 g/mol. The molecule has 0 aliphatic heterocycles. The van der Waals surface area contributed by atoms with Gasteiger partial charge in [0.2, 0.25) is 0 Å². The highest BCUT2D eigenvalue weighted by molar-refractivity contribution is 6.03.